The number of nitrogens with zero attached hydrogens (tertiary/aromatic N) is 3. The maximum Gasteiger partial charge on any atom is 1.00 e. The van der Waals surface area contributed by atoms with Crippen LogP contribution < -0.4 is 45.7 Å². The second-order valence-electron chi connectivity index (χ2n) is 7.96. The first-order valence-corrected chi connectivity index (χ1v) is 11.5. The van der Waals surface area contributed by atoms with E-state index in [0.29, 0.717) is 26.1 Å². The number of oxime groups is 1. The van der Waals surface area contributed by atoms with Gasteiger partial charge in [-0.25, -0.2) is 4.98 Å². The Morgan fingerprint density at radius 3 is 2.69 bits per heavy atom. The summed E-state index contributed by atoms with van der Waals surface area (Å²) in [7, 11) is 0. The average Bonchev–Trinajstić information content (AvgIpc) is 3.25. The maximum atomic E-state index is 13.0. The Morgan fingerprint density at radius 1 is 1.41 bits per heavy atom. The summed E-state index contributed by atoms with van der Waals surface area (Å²) in [5.41, 5.74) is 5.84. The molecule has 0 spiro atoms. The molecule has 3 fully saturated rings. The van der Waals surface area contributed by atoms with E-state index >= 15 is 0 Å². The molecule has 0 radical (unpaired) electrons. The molecule has 1 aromatic heterocycles. The third kappa shape index (κ3) is 4.77. The average molecular weight is 492 g/mol. The molecule has 3 saturated heterocycles. The molecule has 32 heavy (non-hydrogen) atoms. The van der Waals surface area contributed by atoms with Crippen LogP contribution in [0.5, 0.6) is 0 Å². The Bertz CT molecular complexity index is 935. The van der Waals surface area contributed by atoms with E-state index in [9.17, 15) is 19.5 Å². The molecule has 3 atom stereocenters. The summed E-state index contributed by atoms with van der Waals surface area (Å²) in [5, 5.41) is 19.6. The van der Waals surface area contributed by atoms with E-state index in [2.05, 4.69) is 15.5 Å². The fraction of sp³-hybridized carbons (Fsp3) is 0.611. The molecule has 2 amide bonds. The third-order valence-corrected chi connectivity index (χ3v) is 7.64. The summed E-state index contributed by atoms with van der Waals surface area (Å²) < 4.78 is 4.54. The van der Waals surface area contributed by atoms with Gasteiger partial charge >= 0.3 is 29.6 Å². The number of carboxylic acid groups (broad SMARTS) is 1. The second-order valence-corrected chi connectivity index (χ2v) is 10.6. The van der Waals surface area contributed by atoms with E-state index in [1.54, 1.807) is 19.2 Å². The van der Waals surface area contributed by atoms with Crippen molar-refractivity contribution in [1.82, 2.24) is 15.2 Å². The molecule has 0 aliphatic carbocycles. The Kier molecular flexibility index (Phi) is 7.77. The molecule has 3 aliphatic rings. The van der Waals surface area contributed by atoms with Crippen molar-refractivity contribution < 1.29 is 58.6 Å². The zero-order valence-electron chi connectivity index (χ0n) is 17.9. The number of carbonyl (C=O) groups excluding carboxylic acids is 3. The van der Waals surface area contributed by atoms with Crippen LogP contribution >= 0.6 is 23.1 Å². The van der Waals surface area contributed by atoms with Gasteiger partial charge in [0, 0.05) is 23.0 Å². The van der Waals surface area contributed by atoms with Crippen molar-refractivity contribution in [3.05, 3.63) is 11.1 Å². The summed E-state index contributed by atoms with van der Waals surface area (Å²) in [6.07, 6.45) is 1.10. The predicted octanol–water partition coefficient (Wildman–Crippen LogP) is -4.07. The van der Waals surface area contributed by atoms with Crippen LogP contribution in [0, 0.1) is 0 Å². The van der Waals surface area contributed by atoms with E-state index in [-0.39, 0.29) is 52.2 Å². The molecule has 0 unspecified atom stereocenters. The molecule has 11 nitrogen and oxygen atoms in total. The van der Waals surface area contributed by atoms with Crippen molar-refractivity contribution in [3.8, 4) is 0 Å². The molecule has 0 saturated carbocycles. The van der Waals surface area contributed by atoms with Gasteiger partial charge in [0.2, 0.25) is 5.91 Å². The Morgan fingerprint density at radius 2 is 2.09 bits per heavy atom. The summed E-state index contributed by atoms with van der Waals surface area (Å²) in [4.78, 5) is 48.1. The molecule has 14 heteroatoms. The number of nitrogen functional groups attached to an aromatic ring is 1. The van der Waals surface area contributed by atoms with E-state index in [1.165, 1.54) is 16.7 Å². The number of nitrogens with one attached hydrogen (secondary N) is 1. The number of rotatable bonds is 6. The number of carboxylic acids is 1. The van der Waals surface area contributed by atoms with Gasteiger partial charge in [-0.2, -0.15) is 0 Å². The molecule has 0 aromatic carbocycles. The van der Waals surface area contributed by atoms with E-state index in [1.807, 2.05) is 0 Å². The molecule has 4 rings (SSSR count). The standard InChI is InChI=1S/C18H23N5O6S2.Na/c1-18(2)12(16(26)27)23-14(25)11(15(23)31-18)21-13(24)10(9-7-30-17(19)20-9)22-29-8-3-5-28-6-4-8;/h7-8,11-12,15H,3-6H2,1-2H3,(H2,19,20)(H,21,24)(H,26,27);/q;+1/p-1/b22-10-;/t11-,12-,15+;/m0./s1. The zero-order valence-corrected chi connectivity index (χ0v) is 21.5. The van der Waals surface area contributed by atoms with Crippen LogP contribution in [0.3, 0.4) is 0 Å². The van der Waals surface area contributed by atoms with Gasteiger partial charge in [-0.1, -0.05) is 5.16 Å². The first-order chi connectivity index (χ1) is 14.7. The molecule has 3 aliphatic heterocycles. The van der Waals surface area contributed by atoms with E-state index in [4.69, 9.17) is 15.3 Å². The van der Waals surface area contributed by atoms with Crippen molar-refractivity contribution in [2.45, 2.75) is 55.0 Å². The molecule has 168 valence electrons. The van der Waals surface area contributed by atoms with Gasteiger partial charge in [-0.3, -0.25) is 9.59 Å². The fourth-order valence-corrected chi connectivity index (χ4v) is 6.01. The molecule has 1 aromatic rings. The second kappa shape index (κ2) is 9.85. The van der Waals surface area contributed by atoms with Gasteiger partial charge in [0.25, 0.3) is 5.91 Å². The van der Waals surface area contributed by atoms with Crippen molar-refractivity contribution in [3.63, 3.8) is 0 Å². The van der Waals surface area contributed by atoms with Gasteiger partial charge in [-0.15, -0.1) is 23.1 Å². The Labute approximate surface area is 214 Å². The Balaban J connectivity index is 0.00000289. The number of anilines is 1. The van der Waals surface area contributed by atoms with Crippen molar-refractivity contribution in [2.75, 3.05) is 18.9 Å². The molecule has 3 N–H and O–H groups in total. The van der Waals surface area contributed by atoms with Crippen molar-refractivity contribution >= 4 is 51.7 Å². The molecule has 4 heterocycles. The first-order valence-electron chi connectivity index (χ1n) is 9.73. The number of nitrogens with two attached hydrogens (primary N) is 1. The minimum atomic E-state index is -1.32. The monoisotopic (exact) mass is 491 g/mol. The maximum absolute atomic E-state index is 13.0. The number of carbonyl (C=O) groups is 3. The summed E-state index contributed by atoms with van der Waals surface area (Å²) in [6.45, 7) is 4.56. The molecular weight excluding hydrogens is 469 g/mol. The largest absolute Gasteiger partial charge is 1.00 e. The van der Waals surface area contributed by atoms with Gasteiger partial charge < -0.3 is 35.4 Å². The van der Waals surface area contributed by atoms with Crippen LogP contribution in [0.1, 0.15) is 32.4 Å². The van der Waals surface area contributed by atoms with Crippen LogP contribution in [0.15, 0.2) is 10.5 Å². The number of ether oxygens (including phenoxy) is 1. The summed E-state index contributed by atoms with van der Waals surface area (Å²) in [5.74, 6) is -2.44. The number of thioether (sulfide) groups is 1. The third-order valence-electron chi connectivity index (χ3n) is 5.39. The zero-order chi connectivity index (χ0) is 22.3. The number of aromatic nitrogens is 1. The quantitative estimate of drug-likeness (QED) is 0.175. The van der Waals surface area contributed by atoms with Crippen LogP contribution in [0.2, 0.25) is 0 Å². The summed E-state index contributed by atoms with van der Waals surface area (Å²) >= 11 is 2.45. The van der Waals surface area contributed by atoms with Gasteiger partial charge in [0.15, 0.2) is 10.8 Å². The summed E-state index contributed by atoms with van der Waals surface area (Å²) in [6, 6.07) is -1.95. The minimum absolute atomic E-state index is 0. The van der Waals surface area contributed by atoms with Crippen LogP contribution in [0.4, 0.5) is 5.13 Å². The van der Waals surface area contributed by atoms with Crippen LogP contribution in [-0.2, 0) is 24.0 Å². The minimum Gasteiger partial charge on any atom is -0.548 e. The SMILES string of the molecule is CC1(C)S[C@@H]2[C@@H](NC(=O)/C(=N\OC3CCOCC3)c3csc(N)n3)C(=O)N2[C@H]1C(=O)[O-].[Na+]. The number of hydrogen-bond acceptors (Lipinski definition) is 11. The predicted molar refractivity (Wildman–Crippen MR) is 111 cm³/mol. The van der Waals surface area contributed by atoms with Gasteiger partial charge in [0.05, 0.1) is 25.2 Å². The van der Waals surface area contributed by atoms with E-state index < -0.39 is 40.0 Å². The van der Waals surface area contributed by atoms with Crippen molar-refractivity contribution in [2.24, 2.45) is 5.16 Å². The topological polar surface area (TPSA) is 159 Å². The van der Waals surface area contributed by atoms with E-state index in [0.717, 1.165) is 11.3 Å². The van der Waals surface area contributed by atoms with Crippen LogP contribution in [0.25, 0.3) is 0 Å². The molecule has 0 bridgehead atoms. The van der Waals surface area contributed by atoms with Crippen molar-refractivity contribution in [1.29, 1.82) is 0 Å². The smallest absolute Gasteiger partial charge is 0.548 e. The number of aliphatic carboxylic acids is 1. The number of fused-ring (bicyclic) bond motifs is 1. The normalized spacial score (nSPS) is 27.2. The van der Waals surface area contributed by atoms with Gasteiger partial charge in [-0.05, 0) is 13.8 Å². The molecular formula is C18H22N5NaO6S2. The number of β-lactam (4-membered cyclic amide) rings is 1. The number of thiazole rings is 1. The fourth-order valence-electron chi connectivity index (χ4n) is 3.85. The van der Waals surface area contributed by atoms with Crippen LogP contribution in [-0.4, -0.2) is 74.9 Å². The Hall–Kier alpha value is -1.38. The number of amides is 2. The first kappa shape index (κ1) is 25.2. The van der Waals surface area contributed by atoms with Gasteiger partial charge in [0.1, 0.15) is 23.2 Å². The number of hydrogen-bond donors (Lipinski definition) is 2.